The molecule has 1 aliphatic heterocycles. The Hall–Kier alpha value is -3.23. The van der Waals surface area contributed by atoms with E-state index in [-0.39, 0.29) is 11.4 Å². The van der Waals surface area contributed by atoms with E-state index in [0.29, 0.717) is 48.4 Å². The number of anilines is 2. The number of aromatic nitrogens is 2. The van der Waals surface area contributed by atoms with Crippen molar-refractivity contribution in [3.63, 3.8) is 0 Å². The summed E-state index contributed by atoms with van der Waals surface area (Å²) in [5.41, 5.74) is 0.759. The van der Waals surface area contributed by atoms with E-state index in [9.17, 15) is 14.0 Å². The normalized spacial score (nSPS) is 13.8. The molecule has 0 unspecified atom stereocenters. The van der Waals surface area contributed by atoms with Gasteiger partial charge in [0.25, 0.3) is 5.91 Å². The van der Waals surface area contributed by atoms with E-state index in [2.05, 4.69) is 10.4 Å². The van der Waals surface area contributed by atoms with Gasteiger partial charge < -0.3 is 15.0 Å². The fourth-order valence-corrected chi connectivity index (χ4v) is 3.77. The Morgan fingerprint density at radius 1 is 1.16 bits per heavy atom. The molecule has 0 aliphatic carbocycles. The van der Waals surface area contributed by atoms with Gasteiger partial charge in [0.1, 0.15) is 11.5 Å². The minimum atomic E-state index is -0.702. The van der Waals surface area contributed by atoms with E-state index in [1.54, 1.807) is 37.3 Å². The highest BCUT2D eigenvalue weighted by atomic mass is 35.5. The van der Waals surface area contributed by atoms with Crippen molar-refractivity contribution in [1.29, 1.82) is 0 Å². The zero-order valence-electron chi connectivity index (χ0n) is 16.8. The van der Waals surface area contributed by atoms with E-state index in [4.69, 9.17) is 16.3 Å². The number of rotatable bonds is 4. The quantitative estimate of drug-likeness (QED) is 0.670. The Balaban J connectivity index is 1.70. The van der Waals surface area contributed by atoms with Crippen LogP contribution in [0.2, 0.25) is 5.02 Å². The molecule has 4 rings (SSSR count). The zero-order valence-corrected chi connectivity index (χ0v) is 17.5. The van der Waals surface area contributed by atoms with Gasteiger partial charge in [0.2, 0.25) is 5.43 Å². The first kappa shape index (κ1) is 21.0. The number of aryl methyl sites for hydroxylation is 1. The summed E-state index contributed by atoms with van der Waals surface area (Å²) in [6.45, 7) is 3.96. The Morgan fingerprint density at radius 2 is 1.90 bits per heavy atom. The number of carbonyl (C=O) groups is 1. The van der Waals surface area contributed by atoms with Crippen LogP contribution in [0.15, 0.2) is 53.3 Å². The fourth-order valence-electron chi connectivity index (χ4n) is 3.48. The van der Waals surface area contributed by atoms with E-state index in [1.807, 2.05) is 4.90 Å². The van der Waals surface area contributed by atoms with Crippen LogP contribution in [-0.2, 0) is 4.74 Å². The molecule has 9 heteroatoms. The molecule has 1 amide bonds. The number of para-hydroxylation sites is 2. The maximum atomic E-state index is 14.3. The maximum Gasteiger partial charge on any atom is 0.280 e. The molecule has 0 saturated carbocycles. The van der Waals surface area contributed by atoms with E-state index in [1.165, 1.54) is 22.9 Å². The van der Waals surface area contributed by atoms with Gasteiger partial charge in [-0.3, -0.25) is 9.59 Å². The second-order valence-corrected chi connectivity index (χ2v) is 7.46. The average molecular weight is 443 g/mol. The van der Waals surface area contributed by atoms with Crippen LogP contribution in [0.4, 0.5) is 15.8 Å². The molecular formula is C22H20ClFN4O3. The van der Waals surface area contributed by atoms with Crippen molar-refractivity contribution in [3.8, 4) is 5.69 Å². The predicted molar refractivity (Wildman–Crippen MR) is 117 cm³/mol. The van der Waals surface area contributed by atoms with Crippen molar-refractivity contribution in [2.24, 2.45) is 0 Å². The van der Waals surface area contributed by atoms with Crippen LogP contribution in [0.3, 0.4) is 0 Å². The molecular weight excluding hydrogens is 423 g/mol. The lowest BCUT2D eigenvalue weighted by atomic mass is 10.2. The summed E-state index contributed by atoms with van der Waals surface area (Å²) in [5, 5.41) is 7.36. The van der Waals surface area contributed by atoms with Crippen LogP contribution in [0, 0.1) is 12.7 Å². The number of hydrogen-bond donors (Lipinski definition) is 1. The molecule has 2 aromatic carbocycles. The van der Waals surface area contributed by atoms with Gasteiger partial charge in [0.15, 0.2) is 5.69 Å². The van der Waals surface area contributed by atoms with Crippen LogP contribution in [0.1, 0.15) is 16.2 Å². The monoisotopic (exact) mass is 442 g/mol. The largest absolute Gasteiger partial charge is 0.378 e. The molecule has 1 fully saturated rings. The summed E-state index contributed by atoms with van der Waals surface area (Å²) in [6, 6.07) is 12.4. The molecule has 0 atom stereocenters. The molecule has 1 aliphatic rings. The van der Waals surface area contributed by atoms with Gasteiger partial charge in [-0.1, -0.05) is 29.8 Å². The summed E-state index contributed by atoms with van der Waals surface area (Å²) in [6.07, 6.45) is 0. The lowest BCUT2D eigenvalue weighted by Crippen LogP contribution is -2.37. The van der Waals surface area contributed by atoms with Crippen LogP contribution in [0.5, 0.6) is 0 Å². The van der Waals surface area contributed by atoms with Crippen molar-refractivity contribution in [2.45, 2.75) is 6.92 Å². The first-order valence-electron chi connectivity index (χ1n) is 9.74. The molecule has 2 heterocycles. The number of halogens is 2. The first-order chi connectivity index (χ1) is 15.0. The molecule has 0 spiro atoms. The third-order valence-corrected chi connectivity index (χ3v) is 5.27. The summed E-state index contributed by atoms with van der Waals surface area (Å²) < 4.78 is 20.9. The molecule has 1 N–H and O–H groups in total. The van der Waals surface area contributed by atoms with Gasteiger partial charge in [-0.25, -0.2) is 9.07 Å². The van der Waals surface area contributed by atoms with E-state index >= 15 is 0 Å². The molecule has 3 aromatic rings. The number of nitrogens with zero attached hydrogens (tertiary/aromatic N) is 3. The smallest absolute Gasteiger partial charge is 0.280 e. The second kappa shape index (κ2) is 8.87. The lowest BCUT2D eigenvalue weighted by molar-refractivity contribution is 0.101. The van der Waals surface area contributed by atoms with Crippen molar-refractivity contribution in [3.05, 3.63) is 81.0 Å². The van der Waals surface area contributed by atoms with Crippen LogP contribution >= 0.6 is 11.6 Å². The maximum absolute atomic E-state index is 14.3. The Labute approximate surface area is 183 Å². The zero-order chi connectivity index (χ0) is 22.0. The van der Waals surface area contributed by atoms with E-state index < -0.39 is 17.2 Å². The van der Waals surface area contributed by atoms with Gasteiger partial charge in [0, 0.05) is 24.8 Å². The number of amides is 1. The van der Waals surface area contributed by atoms with Crippen molar-refractivity contribution in [1.82, 2.24) is 9.78 Å². The Morgan fingerprint density at radius 3 is 2.65 bits per heavy atom. The summed E-state index contributed by atoms with van der Waals surface area (Å²) in [4.78, 5) is 27.5. The van der Waals surface area contributed by atoms with Crippen molar-refractivity contribution in [2.75, 3.05) is 36.5 Å². The summed E-state index contributed by atoms with van der Waals surface area (Å²) in [5.74, 6) is -1.22. The molecule has 31 heavy (non-hydrogen) atoms. The number of benzene rings is 2. The third kappa shape index (κ3) is 4.30. The average Bonchev–Trinajstić information content (AvgIpc) is 2.75. The standard InChI is InChI=1S/C22H20ClFN4O3/c1-14-13-19(29)20(26-28(14)18-8-3-2-6-16(18)24)22(30)25-17-7-4-5-15(23)21(17)27-9-11-31-12-10-27/h2-8,13H,9-12H2,1H3,(H,25,30). The highest BCUT2D eigenvalue weighted by molar-refractivity contribution is 6.34. The highest BCUT2D eigenvalue weighted by Gasteiger charge is 2.22. The Kier molecular flexibility index (Phi) is 6.01. The van der Waals surface area contributed by atoms with Crippen LogP contribution < -0.4 is 15.6 Å². The number of carbonyl (C=O) groups excluding carboxylic acids is 1. The molecule has 1 saturated heterocycles. The molecule has 0 radical (unpaired) electrons. The summed E-state index contributed by atoms with van der Waals surface area (Å²) in [7, 11) is 0. The number of nitrogens with one attached hydrogen (secondary N) is 1. The minimum Gasteiger partial charge on any atom is -0.378 e. The summed E-state index contributed by atoms with van der Waals surface area (Å²) >= 11 is 6.41. The van der Waals surface area contributed by atoms with Crippen molar-refractivity contribution < 1.29 is 13.9 Å². The molecule has 7 nitrogen and oxygen atoms in total. The van der Waals surface area contributed by atoms with Gasteiger partial charge in [-0.05, 0) is 31.2 Å². The number of ether oxygens (including phenoxy) is 1. The van der Waals surface area contributed by atoms with Gasteiger partial charge in [0.05, 0.1) is 29.6 Å². The molecule has 160 valence electrons. The number of morpholine rings is 1. The van der Waals surface area contributed by atoms with Gasteiger partial charge in [-0.2, -0.15) is 5.10 Å². The lowest BCUT2D eigenvalue weighted by Gasteiger charge is -2.31. The van der Waals surface area contributed by atoms with Crippen LogP contribution in [0.25, 0.3) is 5.69 Å². The number of hydrogen-bond acceptors (Lipinski definition) is 5. The van der Waals surface area contributed by atoms with Crippen LogP contribution in [-0.4, -0.2) is 42.0 Å². The van der Waals surface area contributed by atoms with Crippen molar-refractivity contribution >= 4 is 28.9 Å². The topological polar surface area (TPSA) is 76.5 Å². The highest BCUT2D eigenvalue weighted by Crippen LogP contribution is 2.34. The second-order valence-electron chi connectivity index (χ2n) is 7.05. The SMILES string of the molecule is Cc1cc(=O)c(C(=O)Nc2cccc(Cl)c2N2CCOCC2)nn1-c1ccccc1F. The van der Waals surface area contributed by atoms with Gasteiger partial charge in [-0.15, -0.1) is 0 Å². The molecule has 0 bridgehead atoms. The minimum absolute atomic E-state index is 0.144. The third-order valence-electron chi connectivity index (χ3n) is 4.97. The van der Waals surface area contributed by atoms with Gasteiger partial charge >= 0.3 is 0 Å². The Bertz CT molecular complexity index is 1190. The predicted octanol–water partition coefficient (Wildman–Crippen LogP) is 3.42. The fraction of sp³-hybridized carbons (Fsp3) is 0.227. The first-order valence-corrected chi connectivity index (χ1v) is 10.1. The van der Waals surface area contributed by atoms with E-state index in [0.717, 1.165) is 0 Å². The molecule has 1 aromatic heterocycles.